The monoisotopic (exact) mass is 381 g/mol. The number of aryl methyl sites for hydroxylation is 1. The molecule has 0 saturated carbocycles. The zero-order valence-corrected chi connectivity index (χ0v) is 15.5. The second-order valence-corrected chi connectivity index (χ2v) is 6.71. The minimum Gasteiger partial charge on any atom is -0.458 e. The van der Waals surface area contributed by atoms with Crippen LogP contribution in [0.25, 0.3) is 11.3 Å². The van der Waals surface area contributed by atoms with Crippen LogP contribution in [0.5, 0.6) is 6.01 Å². The van der Waals surface area contributed by atoms with E-state index in [0.717, 1.165) is 18.4 Å². The highest BCUT2D eigenvalue weighted by Gasteiger charge is 2.28. The van der Waals surface area contributed by atoms with Gasteiger partial charge in [-0.15, -0.1) is 0 Å². The van der Waals surface area contributed by atoms with E-state index in [1.54, 1.807) is 53.3 Å². The van der Waals surface area contributed by atoms with Gasteiger partial charge in [0.25, 0.3) is 5.91 Å². The summed E-state index contributed by atoms with van der Waals surface area (Å²) in [6, 6.07) is 9.84. The van der Waals surface area contributed by atoms with Crippen LogP contribution in [0, 0.1) is 5.82 Å². The summed E-state index contributed by atoms with van der Waals surface area (Å²) < 4.78 is 20.5. The maximum absolute atomic E-state index is 13.1. The first kappa shape index (κ1) is 18.1. The average Bonchev–Trinajstić information content (AvgIpc) is 3.10. The molecule has 0 spiro atoms. The highest BCUT2D eigenvalue weighted by molar-refractivity contribution is 5.93. The Hall–Kier alpha value is -3.29. The molecule has 1 aliphatic heterocycles. The summed E-state index contributed by atoms with van der Waals surface area (Å²) in [4.78, 5) is 23.0. The number of aromatic nitrogens is 4. The van der Waals surface area contributed by atoms with E-state index in [1.807, 2.05) is 0 Å². The Kier molecular flexibility index (Phi) is 5.01. The lowest BCUT2D eigenvalue weighted by atomic mass is 10.1. The van der Waals surface area contributed by atoms with E-state index >= 15 is 0 Å². The van der Waals surface area contributed by atoms with Gasteiger partial charge >= 0.3 is 6.01 Å². The van der Waals surface area contributed by atoms with E-state index in [9.17, 15) is 9.18 Å². The number of hydrogen-bond acceptors (Lipinski definition) is 5. The molecule has 3 heterocycles. The molecule has 0 aliphatic carbocycles. The highest BCUT2D eigenvalue weighted by Crippen LogP contribution is 2.22. The molecule has 7 nitrogen and oxygen atoms in total. The van der Waals surface area contributed by atoms with Gasteiger partial charge in [-0.3, -0.25) is 9.48 Å². The van der Waals surface area contributed by atoms with Crippen molar-refractivity contribution in [1.82, 2.24) is 24.6 Å². The molecule has 1 atom stereocenters. The Labute approximate surface area is 161 Å². The Bertz CT molecular complexity index is 958. The van der Waals surface area contributed by atoms with Crippen LogP contribution in [0.4, 0.5) is 4.39 Å². The van der Waals surface area contributed by atoms with Crippen molar-refractivity contribution in [2.45, 2.75) is 18.9 Å². The van der Waals surface area contributed by atoms with Gasteiger partial charge in [-0.05, 0) is 49.2 Å². The molecule has 0 N–H and O–H groups in total. The van der Waals surface area contributed by atoms with Crippen LogP contribution in [0.3, 0.4) is 0 Å². The highest BCUT2D eigenvalue weighted by atomic mass is 19.1. The van der Waals surface area contributed by atoms with Crippen molar-refractivity contribution >= 4 is 5.91 Å². The molecule has 4 rings (SSSR count). The van der Waals surface area contributed by atoms with Gasteiger partial charge < -0.3 is 9.64 Å². The molecule has 0 radical (unpaired) electrons. The van der Waals surface area contributed by atoms with Crippen LogP contribution in [-0.4, -0.2) is 49.7 Å². The molecule has 1 saturated heterocycles. The van der Waals surface area contributed by atoms with E-state index in [0.29, 0.717) is 30.5 Å². The quantitative estimate of drug-likeness (QED) is 0.695. The summed E-state index contributed by atoms with van der Waals surface area (Å²) in [6.45, 7) is 1.12. The molecule has 144 valence electrons. The number of rotatable bonds is 4. The first-order valence-corrected chi connectivity index (χ1v) is 9.13. The number of halogens is 1. The van der Waals surface area contributed by atoms with Crippen molar-refractivity contribution in [2.24, 2.45) is 7.05 Å². The summed E-state index contributed by atoms with van der Waals surface area (Å²) in [5.74, 6) is -0.414. The van der Waals surface area contributed by atoms with Crippen LogP contribution in [0.2, 0.25) is 0 Å². The number of benzene rings is 1. The number of piperidine rings is 1. The number of hydrogen-bond donors (Lipinski definition) is 0. The van der Waals surface area contributed by atoms with Gasteiger partial charge in [-0.1, -0.05) is 0 Å². The summed E-state index contributed by atoms with van der Waals surface area (Å²) in [5.41, 5.74) is 1.88. The summed E-state index contributed by atoms with van der Waals surface area (Å²) in [6.07, 6.45) is 4.78. The van der Waals surface area contributed by atoms with Gasteiger partial charge in [0.15, 0.2) is 0 Å². The SMILES string of the molecule is Cn1nc(-c2ccc(F)cc2)cc1C(=O)N1CCCC(Oc2ncccn2)C1. The lowest BCUT2D eigenvalue weighted by molar-refractivity contribution is 0.0506. The third kappa shape index (κ3) is 3.85. The molecule has 0 bridgehead atoms. The van der Waals surface area contributed by atoms with Crippen molar-refractivity contribution in [3.63, 3.8) is 0 Å². The van der Waals surface area contributed by atoms with E-state index in [2.05, 4.69) is 15.1 Å². The molecular weight excluding hydrogens is 361 g/mol. The number of carbonyl (C=O) groups is 1. The summed E-state index contributed by atoms with van der Waals surface area (Å²) >= 11 is 0. The maximum atomic E-state index is 13.1. The maximum Gasteiger partial charge on any atom is 0.316 e. The Morgan fingerprint density at radius 1 is 1.21 bits per heavy atom. The first-order valence-electron chi connectivity index (χ1n) is 9.13. The lowest BCUT2D eigenvalue weighted by Gasteiger charge is -2.32. The molecule has 1 amide bonds. The predicted octanol–water partition coefficient (Wildman–Crippen LogP) is 2.70. The average molecular weight is 381 g/mol. The molecule has 1 aromatic carbocycles. The van der Waals surface area contributed by atoms with Crippen LogP contribution in [-0.2, 0) is 7.05 Å². The van der Waals surface area contributed by atoms with E-state index in [4.69, 9.17) is 4.74 Å². The standard InChI is InChI=1S/C20H20FN5O2/c1-25-18(12-17(24-25)14-5-7-15(21)8-6-14)19(27)26-11-2-4-16(13-26)28-20-22-9-3-10-23-20/h3,5-10,12,16H,2,4,11,13H2,1H3. The van der Waals surface area contributed by atoms with Crippen LogP contribution < -0.4 is 4.74 Å². The number of carbonyl (C=O) groups excluding carboxylic acids is 1. The zero-order valence-electron chi connectivity index (χ0n) is 15.5. The third-order valence-electron chi connectivity index (χ3n) is 4.72. The van der Waals surface area contributed by atoms with Crippen molar-refractivity contribution in [3.05, 3.63) is 60.3 Å². The smallest absolute Gasteiger partial charge is 0.316 e. The predicted molar refractivity (Wildman–Crippen MR) is 100 cm³/mol. The number of nitrogens with zero attached hydrogens (tertiary/aromatic N) is 5. The topological polar surface area (TPSA) is 73.1 Å². The second-order valence-electron chi connectivity index (χ2n) is 6.71. The van der Waals surface area contributed by atoms with Gasteiger partial charge in [0.05, 0.1) is 12.2 Å². The zero-order chi connectivity index (χ0) is 19.5. The fraction of sp³-hybridized carbons (Fsp3) is 0.300. The molecule has 28 heavy (non-hydrogen) atoms. The second kappa shape index (κ2) is 7.75. The molecule has 1 unspecified atom stereocenters. The number of ether oxygens (including phenoxy) is 1. The largest absolute Gasteiger partial charge is 0.458 e. The van der Waals surface area contributed by atoms with Gasteiger partial charge in [-0.25, -0.2) is 14.4 Å². The van der Waals surface area contributed by atoms with Gasteiger partial charge in [0, 0.05) is 31.5 Å². The van der Waals surface area contributed by atoms with Crippen LogP contribution in [0.1, 0.15) is 23.3 Å². The summed E-state index contributed by atoms with van der Waals surface area (Å²) in [7, 11) is 1.73. The molecular formula is C20H20FN5O2. The molecule has 1 fully saturated rings. The van der Waals surface area contributed by atoms with Gasteiger partial charge in [0.1, 0.15) is 17.6 Å². The molecule has 1 aliphatic rings. The van der Waals surface area contributed by atoms with Crippen molar-refractivity contribution in [1.29, 1.82) is 0 Å². The first-order chi connectivity index (χ1) is 13.6. The van der Waals surface area contributed by atoms with Crippen LogP contribution >= 0.6 is 0 Å². The minimum absolute atomic E-state index is 0.106. The fourth-order valence-corrected chi connectivity index (χ4v) is 3.31. The molecule has 2 aromatic heterocycles. The normalized spacial score (nSPS) is 16.8. The summed E-state index contributed by atoms with van der Waals surface area (Å²) in [5, 5.41) is 4.41. The minimum atomic E-state index is -0.308. The van der Waals surface area contributed by atoms with Crippen molar-refractivity contribution < 1.29 is 13.9 Å². The molecule has 3 aromatic rings. The number of amides is 1. The Morgan fingerprint density at radius 2 is 1.96 bits per heavy atom. The van der Waals surface area contributed by atoms with Gasteiger partial charge in [-0.2, -0.15) is 5.10 Å². The van der Waals surface area contributed by atoms with Gasteiger partial charge in [0.2, 0.25) is 0 Å². The van der Waals surface area contributed by atoms with Crippen LogP contribution in [0.15, 0.2) is 48.8 Å². The lowest BCUT2D eigenvalue weighted by Crippen LogP contribution is -2.45. The van der Waals surface area contributed by atoms with E-state index in [-0.39, 0.29) is 17.8 Å². The third-order valence-corrected chi connectivity index (χ3v) is 4.72. The van der Waals surface area contributed by atoms with E-state index < -0.39 is 0 Å². The fourth-order valence-electron chi connectivity index (χ4n) is 3.31. The van der Waals surface area contributed by atoms with Crippen molar-refractivity contribution in [3.8, 4) is 17.3 Å². The number of likely N-dealkylation sites (tertiary alicyclic amines) is 1. The molecule has 8 heteroatoms. The van der Waals surface area contributed by atoms with E-state index in [1.165, 1.54) is 12.1 Å². The Morgan fingerprint density at radius 3 is 2.71 bits per heavy atom. The Balaban J connectivity index is 1.48. The van der Waals surface area contributed by atoms with Crippen molar-refractivity contribution in [2.75, 3.05) is 13.1 Å².